The lowest BCUT2D eigenvalue weighted by atomic mass is 10.2. The number of hydrogen-bond acceptors (Lipinski definition) is 2. The summed E-state index contributed by atoms with van der Waals surface area (Å²) in [5.41, 5.74) is 0.588. The highest BCUT2D eigenvalue weighted by Gasteiger charge is 2.10. The standard InChI is InChI=1S/C13H16BrNO2/c1-3-4-5-8-15-13(16)11-9-10(17-2)6-7-12(11)14/h3-4,6-7,9H,5,8H2,1-2H3,(H,15,16)/b4-3+. The van der Waals surface area contributed by atoms with Crippen LogP contribution in [-0.4, -0.2) is 19.6 Å². The topological polar surface area (TPSA) is 38.3 Å². The maximum atomic E-state index is 11.9. The molecule has 0 atom stereocenters. The Hall–Kier alpha value is -1.29. The summed E-state index contributed by atoms with van der Waals surface area (Å²) in [6.07, 6.45) is 4.82. The number of nitrogens with one attached hydrogen (secondary N) is 1. The van der Waals surface area contributed by atoms with Crippen molar-refractivity contribution in [2.75, 3.05) is 13.7 Å². The van der Waals surface area contributed by atoms with Gasteiger partial charge in [-0.1, -0.05) is 12.2 Å². The number of benzene rings is 1. The summed E-state index contributed by atoms with van der Waals surface area (Å²) in [7, 11) is 1.58. The van der Waals surface area contributed by atoms with Crippen molar-refractivity contribution >= 4 is 21.8 Å². The molecule has 0 radical (unpaired) electrons. The fraction of sp³-hybridized carbons (Fsp3) is 0.308. The minimum atomic E-state index is -0.0970. The second kappa shape index (κ2) is 7.12. The number of halogens is 1. The average molecular weight is 298 g/mol. The van der Waals surface area contributed by atoms with E-state index < -0.39 is 0 Å². The van der Waals surface area contributed by atoms with Crippen molar-refractivity contribution in [2.45, 2.75) is 13.3 Å². The number of ether oxygens (including phenoxy) is 1. The molecule has 3 nitrogen and oxygen atoms in total. The molecular formula is C13H16BrNO2. The van der Waals surface area contributed by atoms with Gasteiger partial charge in [0.15, 0.2) is 0 Å². The second-order valence-electron chi connectivity index (χ2n) is 3.46. The van der Waals surface area contributed by atoms with Crippen molar-refractivity contribution in [1.82, 2.24) is 5.32 Å². The number of carbonyl (C=O) groups excluding carboxylic acids is 1. The van der Waals surface area contributed by atoms with Gasteiger partial charge in [-0.3, -0.25) is 4.79 Å². The molecule has 17 heavy (non-hydrogen) atoms. The molecule has 4 heteroatoms. The smallest absolute Gasteiger partial charge is 0.252 e. The third kappa shape index (κ3) is 4.23. The second-order valence-corrected chi connectivity index (χ2v) is 4.31. The van der Waals surface area contributed by atoms with Crippen LogP contribution in [0.15, 0.2) is 34.8 Å². The number of carbonyl (C=O) groups is 1. The Bertz CT molecular complexity index is 416. The summed E-state index contributed by atoms with van der Waals surface area (Å²) in [6.45, 7) is 2.59. The molecule has 0 aromatic heterocycles. The first-order valence-electron chi connectivity index (χ1n) is 5.42. The first-order valence-corrected chi connectivity index (χ1v) is 6.21. The van der Waals surface area contributed by atoms with Crippen LogP contribution in [0.3, 0.4) is 0 Å². The van der Waals surface area contributed by atoms with Crippen LogP contribution in [0.4, 0.5) is 0 Å². The first-order chi connectivity index (χ1) is 8.19. The fourth-order valence-electron chi connectivity index (χ4n) is 1.34. The van der Waals surface area contributed by atoms with Gasteiger partial charge >= 0.3 is 0 Å². The number of hydrogen-bond donors (Lipinski definition) is 1. The van der Waals surface area contributed by atoms with Gasteiger partial charge in [0.25, 0.3) is 5.91 Å². The Balaban J connectivity index is 2.67. The lowest BCUT2D eigenvalue weighted by Crippen LogP contribution is -2.24. The molecular weight excluding hydrogens is 282 g/mol. The van der Waals surface area contributed by atoms with E-state index >= 15 is 0 Å². The number of rotatable bonds is 5. The van der Waals surface area contributed by atoms with Crippen molar-refractivity contribution in [1.29, 1.82) is 0 Å². The van der Waals surface area contributed by atoms with E-state index in [-0.39, 0.29) is 5.91 Å². The zero-order chi connectivity index (χ0) is 12.7. The van der Waals surface area contributed by atoms with E-state index in [1.807, 2.05) is 19.1 Å². The Morgan fingerprint density at radius 2 is 2.29 bits per heavy atom. The van der Waals surface area contributed by atoms with Crippen LogP contribution >= 0.6 is 15.9 Å². The average Bonchev–Trinajstić information content (AvgIpc) is 2.35. The van der Waals surface area contributed by atoms with Crippen LogP contribution in [0, 0.1) is 0 Å². The fourth-order valence-corrected chi connectivity index (χ4v) is 1.76. The van der Waals surface area contributed by atoms with E-state index in [1.165, 1.54) is 0 Å². The van der Waals surface area contributed by atoms with E-state index in [0.29, 0.717) is 17.9 Å². The Morgan fingerprint density at radius 1 is 1.53 bits per heavy atom. The van der Waals surface area contributed by atoms with Crippen LogP contribution in [0.2, 0.25) is 0 Å². The van der Waals surface area contributed by atoms with E-state index in [4.69, 9.17) is 4.74 Å². The normalized spacial score (nSPS) is 10.5. The molecule has 0 fully saturated rings. The molecule has 1 aromatic carbocycles. The van der Waals surface area contributed by atoms with Crippen LogP contribution in [0.25, 0.3) is 0 Å². The third-order valence-corrected chi connectivity index (χ3v) is 2.94. The maximum absolute atomic E-state index is 11.9. The highest BCUT2D eigenvalue weighted by molar-refractivity contribution is 9.10. The maximum Gasteiger partial charge on any atom is 0.252 e. The van der Waals surface area contributed by atoms with Gasteiger partial charge in [0.1, 0.15) is 5.75 Å². The van der Waals surface area contributed by atoms with Gasteiger partial charge in [0.2, 0.25) is 0 Å². The summed E-state index contributed by atoms with van der Waals surface area (Å²) in [5, 5.41) is 2.85. The molecule has 0 aliphatic rings. The quantitative estimate of drug-likeness (QED) is 0.670. The minimum Gasteiger partial charge on any atom is -0.497 e. The zero-order valence-electron chi connectivity index (χ0n) is 10.00. The number of methoxy groups -OCH3 is 1. The summed E-state index contributed by atoms with van der Waals surface area (Å²) in [5.74, 6) is 0.576. The molecule has 0 unspecified atom stereocenters. The van der Waals surface area contributed by atoms with Crippen molar-refractivity contribution < 1.29 is 9.53 Å². The van der Waals surface area contributed by atoms with E-state index in [9.17, 15) is 4.79 Å². The Kier molecular flexibility index (Phi) is 5.77. The predicted octanol–water partition coefficient (Wildman–Crippen LogP) is 3.15. The van der Waals surface area contributed by atoms with E-state index in [0.717, 1.165) is 10.9 Å². The first kappa shape index (κ1) is 13.8. The Labute approximate surface area is 110 Å². The molecule has 1 aromatic rings. The van der Waals surface area contributed by atoms with Crippen molar-refractivity contribution in [3.8, 4) is 5.75 Å². The van der Waals surface area contributed by atoms with Gasteiger partial charge in [0.05, 0.1) is 12.7 Å². The van der Waals surface area contributed by atoms with Gasteiger partial charge in [-0.25, -0.2) is 0 Å². The molecule has 0 heterocycles. The molecule has 0 aliphatic carbocycles. The van der Waals surface area contributed by atoms with Gasteiger partial charge in [0, 0.05) is 11.0 Å². The van der Waals surface area contributed by atoms with Crippen LogP contribution in [0.1, 0.15) is 23.7 Å². The highest BCUT2D eigenvalue weighted by atomic mass is 79.9. The van der Waals surface area contributed by atoms with E-state index in [1.54, 1.807) is 25.3 Å². The SMILES string of the molecule is C/C=C/CCNC(=O)c1cc(OC)ccc1Br. The van der Waals surface area contributed by atoms with Crippen molar-refractivity contribution in [2.24, 2.45) is 0 Å². The molecule has 0 saturated heterocycles. The lowest BCUT2D eigenvalue weighted by molar-refractivity contribution is 0.0953. The molecule has 1 N–H and O–H groups in total. The molecule has 92 valence electrons. The molecule has 0 saturated carbocycles. The Morgan fingerprint density at radius 3 is 2.94 bits per heavy atom. The zero-order valence-corrected chi connectivity index (χ0v) is 11.6. The minimum absolute atomic E-state index is 0.0970. The summed E-state index contributed by atoms with van der Waals surface area (Å²) >= 11 is 3.35. The summed E-state index contributed by atoms with van der Waals surface area (Å²) in [6, 6.07) is 5.33. The van der Waals surface area contributed by atoms with E-state index in [2.05, 4.69) is 21.2 Å². The van der Waals surface area contributed by atoms with Gasteiger partial charge in [-0.05, 0) is 47.5 Å². The summed E-state index contributed by atoms with van der Waals surface area (Å²) < 4.78 is 5.86. The number of amides is 1. The van der Waals surface area contributed by atoms with Gasteiger partial charge < -0.3 is 10.1 Å². The molecule has 0 spiro atoms. The van der Waals surface area contributed by atoms with Crippen LogP contribution in [-0.2, 0) is 0 Å². The molecule has 1 amide bonds. The predicted molar refractivity (Wildman–Crippen MR) is 72.5 cm³/mol. The largest absolute Gasteiger partial charge is 0.497 e. The van der Waals surface area contributed by atoms with Crippen molar-refractivity contribution in [3.05, 3.63) is 40.4 Å². The lowest BCUT2D eigenvalue weighted by Gasteiger charge is -2.07. The van der Waals surface area contributed by atoms with Gasteiger partial charge in [-0.15, -0.1) is 0 Å². The monoisotopic (exact) mass is 297 g/mol. The molecule has 0 aliphatic heterocycles. The summed E-state index contributed by atoms with van der Waals surface area (Å²) in [4.78, 5) is 11.9. The number of allylic oxidation sites excluding steroid dienone is 1. The highest BCUT2D eigenvalue weighted by Crippen LogP contribution is 2.22. The molecule has 1 rings (SSSR count). The van der Waals surface area contributed by atoms with Crippen molar-refractivity contribution in [3.63, 3.8) is 0 Å². The van der Waals surface area contributed by atoms with Gasteiger partial charge in [-0.2, -0.15) is 0 Å². The van der Waals surface area contributed by atoms with Crippen LogP contribution in [0.5, 0.6) is 5.75 Å². The van der Waals surface area contributed by atoms with Crippen LogP contribution < -0.4 is 10.1 Å². The third-order valence-electron chi connectivity index (χ3n) is 2.25. The molecule has 0 bridgehead atoms.